The van der Waals surface area contributed by atoms with E-state index in [-0.39, 0.29) is 6.04 Å². The normalized spacial score (nSPS) is 22.9. The lowest BCUT2D eigenvalue weighted by atomic mass is 10.2. The lowest BCUT2D eigenvalue weighted by Crippen LogP contribution is -2.55. The predicted molar refractivity (Wildman–Crippen MR) is 83.0 cm³/mol. The summed E-state index contributed by atoms with van der Waals surface area (Å²) in [6, 6.07) is 0.713. The van der Waals surface area contributed by atoms with Crippen LogP contribution in [0.5, 0.6) is 0 Å². The molecule has 1 saturated heterocycles. The first-order chi connectivity index (χ1) is 9.25. The van der Waals surface area contributed by atoms with Crippen molar-refractivity contribution in [3.8, 4) is 0 Å². The molecule has 1 aliphatic heterocycles. The summed E-state index contributed by atoms with van der Waals surface area (Å²) in [5.74, 6) is 0. The number of nitrogens with zero attached hydrogens (tertiary/aromatic N) is 3. The molecule has 1 unspecified atom stereocenters. The Balaban J connectivity index is 2.46. The standard InChI is InChI=1S/C13H30N4O2S/c1-12(2)14-7-6-8-16(5)20(18,19)17-10-9-15(4)13(3)11-17/h12-14H,6-11H2,1-5H3. The maximum Gasteiger partial charge on any atom is 0.281 e. The molecule has 0 spiro atoms. The van der Waals surface area contributed by atoms with Gasteiger partial charge in [-0.1, -0.05) is 13.8 Å². The Morgan fingerprint density at radius 1 is 1.35 bits per heavy atom. The van der Waals surface area contributed by atoms with E-state index < -0.39 is 10.2 Å². The highest BCUT2D eigenvalue weighted by atomic mass is 32.2. The van der Waals surface area contributed by atoms with Gasteiger partial charge in [-0.3, -0.25) is 0 Å². The van der Waals surface area contributed by atoms with Gasteiger partial charge >= 0.3 is 0 Å². The molecular formula is C13H30N4O2S. The maximum absolute atomic E-state index is 12.5. The maximum atomic E-state index is 12.5. The van der Waals surface area contributed by atoms with E-state index >= 15 is 0 Å². The molecule has 0 aliphatic carbocycles. The summed E-state index contributed by atoms with van der Waals surface area (Å²) in [7, 11) is 0.405. The summed E-state index contributed by atoms with van der Waals surface area (Å²) in [5.41, 5.74) is 0. The first-order valence-corrected chi connectivity index (χ1v) is 8.80. The highest BCUT2D eigenvalue weighted by molar-refractivity contribution is 7.86. The van der Waals surface area contributed by atoms with Crippen LogP contribution >= 0.6 is 0 Å². The van der Waals surface area contributed by atoms with Crippen molar-refractivity contribution >= 4 is 10.2 Å². The number of rotatable bonds is 7. The Bertz CT molecular complexity index is 386. The molecule has 1 fully saturated rings. The van der Waals surface area contributed by atoms with Gasteiger partial charge in [0.15, 0.2) is 0 Å². The highest BCUT2D eigenvalue weighted by Gasteiger charge is 2.32. The van der Waals surface area contributed by atoms with E-state index in [9.17, 15) is 8.42 Å². The fraction of sp³-hybridized carbons (Fsp3) is 1.00. The van der Waals surface area contributed by atoms with Gasteiger partial charge in [0.05, 0.1) is 0 Å². The van der Waals surface area contributed by atoms with E-state index in [4.69, 9.17) is 0 Å². The lowest BCUT2D eigenvalue weighted by Gasteiger charge is -2.38. The minimum atomic E-state index is -3.31. The summed E-state index contributed by atoms with van der Waals surface area (Å²) in [5, 5.41) is 3.30. The van der Waals surface area contributed by atoms with Gasteiger partial charge in [0.2, 0.25) is 0 Å². The van der Waals surface area contributed by atoms with E-state index in [1.54, 1.807) is 11.4 Å². The van der Waals surface area contributed by atoms with Crippen LogP contribution in [0.2, 0.25) is 0 Å². The average molecular weight is 306 g/mol. The number of piperazine rings is 1. The van der Waals surface area contributed by atoms with Crippen molar-refractivity contribution in [2.45, 2.75) is 39.3 Å². The molecule has 0 bridgehead atoms. The summed E-state index contributed by atoms with van der Waals surface area (Å²) >= 11 is 0. The lowest BCUT2D eigenvalue weighted by molar-refractivity contribution is 0.154. The monoisotopic (exact) mass is 306 g/mol. The predicted octanol–water partition coefficient (Wildman–Crippen LogP) is 0.187. The topological polar surface area (TPSA) is 55.9 Å². The van der Waals surface area contributed by atoms with Crippen LogP contribution in [0, 0.1) is 0 Å². The van der Waals surface area contributed by atoms with Gasteiger partial charge in [-0.25, -0.2) is 0 Å². The molecule has 1 N–H and O–H groups in total. The zero-order valence-electron chi connectivity index (χ0n) is 13.5. The van der Waals surface area contributed by atoms with Gasteiger partial charge in [-0.2, -0.15) is 17.0 Å². The van der Waals surface area contributed by atoms with E-state index in [1.165, 1.54) is 4.31 Å². The van der Waals surface area contributed by atoms with Gasteiger partial charge in [0.25, 0.3) is 10.2 Å². The summed E-state index contributed by atoms with van der Waals surface area (Å²) < 4.78 is 28.0. The third-order valence-corrected chi connectivity index (χ3v) is 5.80. The van der Waals surface area contributed by atoms with E-state index in [0.717, 1.165) is 19.5 Å². The Morgan fingerprint density at radius 2 is 2.00 bits per heavy atom. The Hall–Kier alpha value is -0.210. The first-order valence-electron chi connectivity index (χ1n) is 7.40. The molecule has 1 atom stereocenters. The van der Waals surface area contributed by atoms with Crippen molar-refractivity contribution in [3.05, 3.63) is 0 Å². The van der Waals surface area contributed by atoms with Crippen molar-refractivity contribution < 1.29 is 8.42 Å². The Labute approximate surface area is 124 Å². The second-order valence-corrected chi connectivity index (χ2v) is 8.01. The number of likely N-dealkylation sites (N-methyl/N-ethyl adjacent to an activating group) is 1. The average Bonchev–Trinajstić information content (AvgIpc) is 2.37. The van der Waals surface area contributed by atoms with E-state index in [2.05, 4.69) is 31.0 Å². The first kappa shape index (κ1) is 17.8. The van der Waals surface area contributed by atoms with Gasteiger partial charge in [0, 0.05) is 45.3 Å². The SMILES string of the molecule is CC(C)NCCCN(C)S(=O)(=O)N1CCN(C)C(C)C1. The van der Waals surface area contributed by atoms with Gasteiger partial charge < -0.3 is 10.2 Å². The molecule has 0 saturated carbocycles. The second kappa shape index (κ2) is 7.70. The fourth-order valence-electron chi connectivity index (χ4n) is 2.23. The molecule has 0 aromatic heterocycles. The molecule has 0 aromatic rings. The van der Waals surface area contributed by atoms with Crippen LogP contribution in [0.1, 0.15) is 27.2 Å². The smallest absolute Gasteiger partial charge is 0.281 e. The Morgan fingerprint density at radius 3 is 2.55 bits per heavy atom. The minimum Gasteiger partial charge on any atom is -0.314 e. The molecule has 0 amide bonds. The van der Waals surface area contributed by atoms with Crippen LogP contribution in [0.25, 0.3) is 0 Å². The van der Waals surface area contributed by atoms with Crippen LogP contribution in [0.3, 0.4) is 0 Å². The van der Waals surface area contributed by atoms with Crippen molar-refractivity contribution in [2.75, 3.05) is 46.8 Å². The molecule has 20 heavy (non-hydrogen) atoms. The summed E-state index contributed by atoms with van der Waals surface area (Å²) in [4.78, 5) is 2.19. The van der Waals surface area contributed by atoms with Crippen LogP contribution in [-0.2, 0) is 10.2 Å². The number of nitrogens with one attached hydrogen (secondary N) is 1. The van der Waals surface area contributed by atoms with Crippen LogP contribution in [-0.4, -0.2) is 80.8 Å². The summed E-state index contributed by atoms with van der Waals surface area (Å²) in [6.07, 6.45) is 0.831. The third-order valence-electron chi connectivity index (χ3n) is 3.84. The second-order valence-electron chi connectivity index (χ2n) is 5.98. The molecule has 0 aromatic carbocycles. The number of hydrogen-bond acceptors (Lipinski definition) is 4. The van der Waals surface area contributed by atoms with Crippen molar-refractivity contribution in [2.24, 2.45) is 0 Å². The fourth-order valence-corrected chi connectivity index (χ4v) is 3.70. The Kier molecular flexibility index (Phi) is 6.87. The van der Waals surface area contributed by atoms with Crippen LogP contribution in [0.15, 0.2) is 0 Å². The van der Waals surface area contributed by atoms with Crippen molar-refractivity contribution in [3.63, 3.8) is 0 Å². The van der Waals surface area contributed by atoms with Crippen molar-refractivity contribution in [1.29, 1.82) is 0 Å². The van der Waals surface area contributed by atoms with E-state index in [0.29, 0.717) is 25.7 Å². The van der Waals surface area contributed by atoms with E-state index in [1.807, 2.05) is 7.05 Å². The molecule has 1 heterocycles. The summed E-state index contributed by atoms with van der Waals surface area (Å²) in [6.45, 7) is 9.60. The molecular weight excluding hydrogens is 276 g/mol. The molecule has 1 rings (SSSR count). The molecule has 7 heteroatoms. The van der Waals surface area contributed by atoms with Gasteiger partial charge in [-0.15, -0.1) is 0 Å². The molecule has 1 aliphatic rings. The molecule has 120 valence electrons. The van der Waals surface area contributed by atoms with Gasteiger partial charge in [-0.05, 0) is 26.9 Å². The third kappa shape index (κ3) is 4.96. The zero-order chi connectivity index (χ0) is 15.3. The van der Waals surface area contributed by atoms with Crippen LogP contribution in [0.4, 0.5) is 0 Å². The molecule has 6 nitrogen and oxygen atoms in total. The van der Waals surface area contributed by atoms with Crippen molar-refractivity contribution in [1.82, 2.24) is 18.8 Å². The minimum absolute atomic E-state index is 0.273. The number of hydrogen-bond donors (Lipinski definition) is 1. The molecule has 0 radical (unpaired) electrons. The zero-order valence-corrected chi connectivity index (χ0v) is 14.3. The highest BCUT2D eigenvalue weighted by Crippen LogP contribution is 2.14. The van der Waals surface area contributed by atoms with Gasteiger partial charge in [0.1, 0.15) is 0 Å². The quantitative estimate of drug-likeness (QED) is 0.682. The largest absolute Gasteiger partial charge is 0.314 e. The van der Waals surface area contributed by atoms with Crippen LogP contribution < -0.4 is 5.32 Å².